The first-order valence-corrected chi connectivity index (χ1v) is 9.53. The van der Waals surface area contributed by atoms with Crippen LogP contribution in [0.15, 0.2) is 24.3 Å². The molecule has 1 aliphatic carbocycles. The Morgan fingerprint density at radius 1 is 1.21 bits per heavy atom. The third-order valence-electron chi connectivity index (χ3n) is 5.84. The Labute approximate surface area is 146 Å². The number of carbonyl (C=O) groups excluding carboxylic acids is 1. The normalized spacial score (nSPS) is 25.8. The summed E-state index contributed by atoms with van der Waals surface area (Å²) < 4.78 is 0. The first-order chi connectivity index (χ1) is 11.6. The monoisotopic (exact) mass is 329 g/mol. The predicted octanol–water partition coefficient (Wildman–Crippen LogP) is 3.12. The van der Waals surface area contributed by atoms with Crippen LogP contribution in [0.3, 0.4) is 0 Å². The summed E-state index contributed by atoms with van der Waals surface area (Å²) in [7, 11) is 0. The number of benzene rings is 1. The number of nitrogens with two attached hydrogens (primary N) is 1. The van der Waals surface area contributed by atoms with E-state index in [2.05, 4.69) is 30.9 Å². The van der Waals surface area contributed by atoms with Crippen LogP contribution in [-0.4, -0.2) is 43.0 Å². The maximum Gasteiger partial charge on any atom is 0.253 e. The van der Waals surface area contributed by atoms with Crippen molar-refractivity contribution in [3.05, 3.63) is 29.8 Å². The van der Waals surface area contributed by atoms with E-state index in [1.54, 1.807) is 0 Å². The Morgan fingerprint density at radius 3 is 2.58 bits per heavy atom. The van der Waals surface area contributed by atoms with Gasteiger partial charge in [-0.15, -0.1) is 0 Å². The second-order valence-corrected chi connectivity index (χ2v) is 7.36. The summed E-state index contributed by atoms with van der Waals surface area (Å²) in [5.41, 5.74) is 8.20. The van der Waals surface area contributed by atoms with Crippen LogP contribution in [-0.2, 0) is 0 Å². The minimum Gasteiger partial charge on any atom is -0.372 e. The fourth-order valence-corrected chi connectivity index (χ4v) is 4.29. The molecule has 132 valence electrons. The highest BCUT2D eigenvalue weighted by Gasteiger charge is 2.42. The average Bonchev–Trinajstić information content (AvgIpc) is 3.18. The van der Waals surface area contributed by atoms with E-state index in [4.69, 9.17) is 5.73 Å². The fourth-order valence-electron chi connectivity index (χ4n) is 4.29. The minimum absolute atomic E-state index is 0.166. The zero-order valence-corrected chi connectivity index (χ0v) is 15.1. The van der Waals surface area contributed by atoms with Gasteiger partial charge >= 0.3 is 0 Å². The van der Waals surface area contributed by atoms with E-state index >= 15 is 0 Å². The summed E-state index contributed by atoms with van der Waals surface area (Å²) in [6.45, 7) is 8.20. The number of anilines is 1. The molecule has 4 nitrogen and oxygen atoms in total. The summed E-state index contributed by atoms with van der Waals surface area (Å²) >= 11 is 0. The molecule has 24 heavy (non-hydrogen) atoms. The largest absolute Gasteiger partial charge is 0.372 e. The van der Waals surface area contributed by atoms with Crippen molar-refractivity contribution < 1.29 is 4.79 Å². The number of carbonyl (C=O) groups is 1. The van der Waals surface area contributed by atoms with Gasteiger partial charge in [-0.05, 0) is 62.3 Å². The van der Waals surface area contributed by atoms with Gasteiger partial charge in [-0.1, -0.05) is 13.3 Å². The van der Waals surface area contributed by atoms with E-state index in [1.165, 1.54) is 24.9 Å². The van der Waals surface area contributed by atoms with Gasteiger partial charge in [-0.25, -0.2) is 0 Å². The van der Waals surface area contributed by atoms with Gasteiger partial charge in [0.2, 0.25) is 0 Å². The van der Waals surface area contributed by atoms with Crippen LogP contribution in [0.1, 0.15) is 49.9 Å². The van der Waals surface area contributed by atoms with Crippen LogP contribution >= 0.6 is 0 Å². The maximum atomic E-state index is 12.8. The van der Waals surface area contributed by atoms with Crippen molar-refractivity contribution in [1.82, 2.24) is 4.90 Å². The second-order valence-electron chi connectivity index (χ2n) is 7.36. The van der Waals surface area contributed by atoms with Gasteiger partial charge in [-0.3, -0.25) is 4.79 Å². The number of likely N-dealkylation sites (tertiary alicyclic amines) is 1. The van der Waals surface area contributed by atoms with Gasteiger partial charge in [0.15, 0.2) is 0 Å². The molecule has 2 N–H and O–H groups in total. The quantitative estimate of drug-likeness (QED) is 0.872. The molecule has 2 fully saturated rings. The lowest BCUT2D eigenvalue weighted by atomic mass is 9.98. The molecule has 3 atom stereocenters. The standard InChI is InChI=1S/C20H31N3O/c1-3-5-12-22(4-2)17-9-6-15(7-10-17)20(24)23-13-16-8-11-19(21)18(16)14-23/h6-7,9-10,16,18-19H,3-5,8,11-14,21H2,1-2H3. The lowest BCUT2D eigenvalue weighted by Gasteiger charge is -2.23. The molecule has 1 heterocycles. The first-order valence-electron chi connectivity index (χ1n) is 9.53. The van der Waals surface area contributed by atoms with E-state index in [9.17, 15) is 4.79 Å². The Balaban J connectivity index is 1.64. The zero-order valence-electron chi connectivity index (χ0n) is 15.1. The summed E-state index contributed by atoms with van der Waals surface area (Å²) in [4.78, 5) is 17.2. The molecule has 1 saturated carbocycles. The predicted molar refractivity (Wildman–Crippen MR) is 99.3 cm³/mol. The van der Waals surface area contributed by atoms with Gasteiger partial charge in [-0.2, -0.15) is 0 Å². The average molecular weight is 329 g/mol. The molecule has 3 unspecified atom stereocenters. The Kier molecular flexibility index (Phi) is 5.44. The van der Waals surface area contributed by atoms with Crippen LogP contribution in [0.5, 0.6) is 0 Å². The smallest absolute Gasteiger partial charge is 0.253 e. The zero-order chi connectivity index (χ0) is 17.1. The molecule has 0 radical (unpaired) electrons. The molecule has 2 aliphatic rings. The number of hydrogen-bond donors (Lipinski definition) is 1. The number of nitrogens with zero attached hydrogens (tertiary/aromatic N) is 2. The lowest BCUT2D eigenvalue weighted by molar-refractivity contribution is 0.0779. The van der Waals surface area contributed by atoms with Crippen LogP contribution in [0, 0.1) is 11.8 Å². The Morgan fingerprint density at radius 2 is 1.96 bits per heavy atom. The molecule has 1 saturated heterocycles. The summed E-state index contributed by atoms with van der Waals surface area (Å²) in [6.07, 6.45) is 4.70. The summed E-state index contributed by atoms with van der Waals surface area (Å²) in [6, 6.07) is 8.44. The summed E-state index contributed by atoms with van der Waals surface area (Å²) in [5.74, 6) is 1.30. The Bertz CT molecular complexity index is 557. The van der Waals surface area contributed by atoms with Gasteiger partial charge in [0.1, 0.15) is 0 Å². The minimum atomic E-state index is 0.166. The van der Waals surface area contributed by atoms with Crippen molar-refractivity contribution in [2.75, 3.05) is 31.1 Å². The van der Waals surface area contributed by atoms with E-state index in [0.717, 1.165) is 38.2 Å². The van der Waals surface area contributed by atoms with Crippen molar-refractivity contribution in [2.24, 2.45) is 17.6 Å². The van der Waals surface area contributed by atoms with E-state index in [0.29, 0.717) is 11.8 Å². The van der Waals surface area contributed by atoms with E-state index in [-0.39, 0.29) is 11.9 Å². The molecule has 1 aromatic carbocycles. The van der Waals surface area contributed by atoms with Crippen LogP contribution in [0.25, 0.3) is 0 Å². The fraction of sp³-hybridized carbons (Fsp3) is 0.650. The molecule has 0 bridgehead atoms. The number of unbranched alkanes of at least 4 members (excludes halogenated alkanes) is 1. The number of rotatable bonds is 6. The third kappa shape index (κ3) is 3.44. The number of hydrogen-bond acceptors (Lipinski definition) is 3. The summed E-state index contributed by atoms with van der Waals surface area (Å²) in [5, 5.41) is 0. The highest BCUT2D eigenvalue weighted by molar-refractivity contribution is 5.94. The molecular formula is C20H31N3O. The second kappa shape index (κ2) is 7.56. The van der Waals surface area contributed by atoms with Crippen LogP contribution < -0.4 is 10.6 Å². The molecule has 1 aromatic rings. The molecule has 4 heteroatoms. The van der Waals surface area contributed by atoms with Crippen molar-refractivity contribution in [3.8, 4) is 0 Å². The number of fused-ring (bicyclic) bond motifs is 1. The topological polar surface area (TPSA) is 49.6 Å². The van der Waals surface area contributed by atoms with Crippen LogP contribution in [0.2, 0.25) is 0 Å². The lowest BCUT2D eigenvalue weighted by Crippen LogP contribution is -2.33. The molecular weight excluding hydrogens is 298 g/mol. The third-order valence-corrected chi connectivity index (χ3v) is 5.84. The highest BCUT2D eigenvalue weighted by atomic mass is 16.2. The van der Waals surface area contributed by atoms with Crippen molar-refractivity contribution >= 4 is 11.6 Å². The van der Waals surface area contributed by atoms with Gasteiger partial charge in [0, 0.05) is 43.5 Å². The molecule has 3 rings (SSSR count). The Hall–Kier alpha value is -1.55. The van der Waals surface area contributed by atoms with Crippen molar-refractivity contribution in [3.63, 3.8) is 0 Å². The van der Waals surface area contributed by atoms with Gasteiger partial charge < -0.3 is 15.5 Å². The first kappa shape index (κ1) is 17.3. The van der Waals surface area contributed by atoms with Crippen molar-refractivity contribution in [1.29, 1.82) is 0 Å². The van der Waals surface area contributed by atoms with Crippen LogP contribution in [0.4, 0.5) is 5.69 Å². The highest BCUT2D eigenvalue weighted by Crippen LogP contribution is 2.37. The van der Waals surface area contributed by atoms with E-state index in [1.807, 2.05) is 17.0 Å². The maximum absolute atomic E-state index is 12.8. The molecule has 0 spiro atoms. The molecule has 0 aromatic heterocycles. The SMILES string of the molecule is CCCCN(CC)c1ccc(C(=O)N2CC3CCC(N)C3C2)cc1. The van der Waals surface area contributed by atoms with E-state index < -0.39 is 0 Å². The number of amides is 1. The van der Waals surface area contributed by atoms with Gasteiger partial charge in [0.05, 0.1) is 0 Å². The van der Waals surface area contributed by atoms with Crippen molar-refractivity contribution in [2.45, 2.75) is 45.6 Å². The van der Waals surface area contributed by atoms with Gasteiger partial charge in [0.25, 0.3) is 5.91 Å². The molecule has 1 amide bonds. The molecule has 1 aliphatic heterocycles.